The van der Waals surface area contributed by atoms with Crippen molar-refractivity contribution in [3.8, 4) is 23.0 Å². The Kier molecular flexibility index (Phi) is 8.26. The molecule has 0 saturated heterocycles. The number of benzene rings is 2. The predicted molar refractivity (Wildman–Crippen MR) is 109 cm³/mol. The largest absolute Gasteiger partial charge is 0.494 e. The highest BCUT2D eigenvalue weighted by molar-refractivity contribution is 6.30. The Bertz CT molecular complexity index is 754. The van der Waals surface area contributed by atoms with Gasteiger partial charge in [-0.15, -0.1) is 0 Å². The molecule has 0 aliphatic heterocycles. The molecule has 28 heavy (non-hydrogen) atoms. The summed E-state index contributed by atoms with van der Waals surface area (Å²) in [4.78, 5) is 14.4. The lowest BCUT2D eigenvalue weighted by atomic mass is 10.1. The van der Waals surface area contributed by atoms with Crippen molar-refractivity contribution in [2.75, 3.05) is 41.5 Å². The molecule has 0 aromatic heterocycles. The highest BCUT2D eigenvalue weighted by Crippen LogP contribution is 2.38. The maximum atomic E-state index is 12.7. The SMILES string of the molecule is COc1cc(C(=O)N(C)CCCCOc2ccc(Cl)cc2)cc(OC)c1OC. The van der Waals surface area contributed by atoms with E-state index < -0.39 is 0 Å². The zero-order chi connectivity index (χ0) is 20.5. The molecular formula is C21H26ClNO5. The molecule has 6 nitrogen and oxygen atoms in total. The van der Waals surface area contributed by atoms with Crippen molar-refractivity contribution >= 4 is 17.5 Å². The molecule has 0 bridgehead atoms. The van der Waals surface area contributed by atoms with E-state index >= 15 is 0 Å². The van der Waals surface area contributed by atoms with Gasteiger partial charge in [0.15, 0.2) is 11.5 Å². The molecule has 0 heterocycles. The molecule has 0 N–H and O–H groups in total. The Morgan fingerprint density at radius 3 is 2.11 bits per heavy atom. The summed E-state index contributed by atoms with van der Waals surface area (Å²) in [5.74, 6) is 2.04. The summed E-state index contributed by atoms with van der Waals surface area (Å²) in [5.41, 5.74) is 0.481. The number of unbranched alkanes of at least 4 members (excludes halogenated alkanes) is 1. The summed E-state index contributed by atoms with van der Waals surface area (Å²) < 4.78 is 21.6. The molecule has 2 aromatic rings. The van der Waals surface area contributed by atoms with Gasteiger partial charge in [-0.25, -0.2) is 0 Å². The molecule has 0 saturated carbocycles. The molecule has 0 atom stereocenters. The van der Waals surface area contributed by atoms with E-state index in [1.165, 1.54) is 21.3 Å². The van der Waals surface area contributed by atoms with Crippen molar-refractivity contribution in [2.45, 2.75) is 12.8 Å². The smallest absolute Gasteiger partial charge is 0.253 e. The number of carbonyl (C=O) groups excluding carboxylic acids is 1. The topological polar surface area (TPSA) is 57.2 Å². The minimum atomic E-state index is -0.113. The number of ether oxygens (including phenoxy) is 4. The fraction of sp³-hybridized carbons (Fsp3) is 0.381. The normalized spacial score (nSPS) is 10.3. The van der Waals surface area contributed by atoms with E-state index in [2.05, 4.69) is 0 Å². The minimum Gasteiger partial charge on any atom is -0.494 e. The third-order valence-electron chi connectivity index (χ3n) is 4.23. The fourth-order valence-corrected chi connectivity index (χ4v) is 2.82. The number of carbonyl (C=O) groups is 1. The van der Waals surface area contributed by atoms with E-state index in [4.69, 9.17) is 30.5 Å². The van der Waals surface area contributed by atoms with Gasteiger partial charge in [-0.05, 0) is 49.2 Å². The maximum Gasteiger partial charge on any atom is 0.253 e. The molecule has 0 unspecified atom stereocenters. The van der Waals surface area contributed by atoms with Gasteiger partial charge in [0.1, 0.15) is 5.75 Å². The second kappa shape index (κ2) is 10.7. The third-order valence-corrected chi connectivity index (χ3v) is 4.48. The van der Waals surface area contributed by atoms with Gasteiger partial charge >= 0.3 is 0 Å². The second-order valence-corrected chi connectivity index (χ2v) is 6.59. The number of hydrogen-bond donors (Lipinski definition) is 0. The van der Waals surface area contributed by atoms with Gasteiger partial charge in [-0.3, -0.25) is 4.79 Å². The van der Waals surface area contributed by atoms with Crippen LogP contribution in [0.5, 0.6) is 23.0 Å². The van der Waals surface area contributed by atoms with E-state index in [1.807, 2.05) is 12.1 Å². The van der Waals surface area contributed by atoms with Crippen LogP contribution in [0.2, 0.25) is 5.02 Å². The molecule has 152 valence electrons. The van der Waals surface area contributed by atoms with Crippen LogP contribution in [-0.2, 0) is 0 Å². The van der Waals surface area contributed by atoms with Crippen LogP contribution in [0.25, 0.3) is 0 Å². The van der Waals surface area contributed by atoms with E-state index in [0.717, 1.165) is 18.6 Å². The number of amides is 1. The van der Waals surface area contributed by atoms with Crippen molar-refractivity contribution in [1.29, 1.82) is 0 Å². The summed E-state index contributed by atoms with van der Waals surface area (Å²) in [5, 5.41) is 0.680. The molecule has 2 rings (SSSR count). The van der Waals surface area contributed by atoms with Crippen LogP contribution in [0.4, 0.5) is 0 Å². The molecule has 7 heteroatoms. The predicted octanol–water partition coefficient (Wildman–Crippen LogP) is 4.30. The summed E-state index contributed by atoms with van der Waals surface area (Å²) in [7, 11) is 6.34. The van der Waals surface area contributed by atoms with E-state index in [9.17, 15) is 4.79 Å². The summed E-state index contributed by atoms with van der Waals surface area (Å²) in [6, 6.07) is 10.6. The average Bonchev–Trinajstić information content (AvgIpc) is 2.72. The third kappa shape index (κ3) is 5.70. The van der Waals surface area contributed by atoms with Crippen molar-refractivity contribution in [2.24, 2.45) is 0 Å². The highest BCUT2D eigenvalue weighted by Gasteiger charge is 2.19. The van der Waals surface area contributed by atoms with Gasteiger partial charge in [0.25, 0.3) is 5.91 Å². The van der Waals surface area contributed by atoms with Crippen LogP contribution in [-0.4, -0.2) is 52.3 Å². The van der Waals surface area contributed by atoms with Gasteiger partial charge in [-0.1, -0.05) is 11.6 Å². The zero-order valence-electron chi connectivity index (χ0n) is 16.7. The first-order valence-corrected chi connectivity index (χ1v) is 9.31. The van der Waals surface area contributed by atoms with Gasteiger partial charge < -0.3 is 23.8 Å². The number of halogens is 1. The lowest BCUT2D eigenvalue weighted by Crippen LogP contribution is -2.28. The Morgan fingerprint density at radius 2 is 1.57 bits per heavy atom. The number of rotatable bonds is 10. The van der Waals surface area contributed by atoms with E-state index in [-0.39, 0.29) is 5.91 Å². The van der Waals surface area contributed by atoms with Gasteiger partial charge in [0.2, 0.25) is 5.75 Å². The molecule has 0 aliphatic rings. The summed E-state index contributed by atoms with van der Waals surface area (Å²) >= 11 is 5.85. The Labute approximate surface area is 170 Å². The van der Waals surface area contributed by atoms with Crippen LogP contribution >= 0.6 is 11.6 Å². The summed E-state index contributed by atoms with van der Waals surface area (Å²) in [6.45, 7) is 1.19. The molecule has 0 radical (unpaired) electrons. The monoisotopic (exact) mass is 407 g/mol. The molecule has 0 fully saturated rings. The first-order valence-electron chi connectivity index (χ1n) is 8.94. The number of nitrogens with zero attached hydrogens (tertiary/aromatic N) is 1. The molecule has 0 spiro atoms. The Balaban J connectivity index is 1.87. The van der Waals surface area contributed by atoms with Crippen LogP contribution in [0, 0.1) is 0 Å². The fourth-order valence-electron chi connectivity index (χ4n) is 2.70. The first-order chi connectivity index (χ1) is 13.5. The van der Waals surface area contributed by atoms with Crippen molar-refractivity contribution in [3.63, 3.8) is 0 Å². The Hall–Kier alpha value is -2.60. The lowest BCUT2D eigenvalue weighted by Gasteiger charge is -2.19. The summed E-state index contributed by atoms with van der Waals surface area (Å²) in [6.07, 6.45) is 1.65. The van der Waals surface area contributed by atoms with Crippen LogP contribution in [0.15, 0.2) is 36.4 Å². The van der Waals surface area contributed by atoms with E-state index in [1.54, 1.807) is 36.2 Å². The maximum absolute atomic E-state index is 12.7. The standard InChI is InChI=1S/C21H26ClNO5/c1-23(11-5-6-12-28-17-9-7-16(22)8-10-17)21(24)15-13-18(25-2)20(27-4)19(14-15)26-3/h7-10,13-14H,5-6,11-12H2,1-4H3. The van der Waals surface area contributed by atoms with Crippen molar-refractivity contribution in [1.82, 2.24) is 4.90 Å². The van der Waals surface area contributed by atoms with Crippen LogP contribution in [0.1, 0.15) is 23.2 Å². The quantitative estimate of drug-likeness (QED) is 0.550. The number of methoxy groups -OCH3 is 3. The minimum absolute atomic E-state index is 0.113. The lowest BCUT2D eigenvalue weighted by molar-refractivity contribution is 0.0790. The first kappa shape index (κ1) is 21.7. The van der Waals surface area contributed by atoms with Gasteiger partial charge in [0.05, 0.1) is 27.9 Å². The molecular weight excluding hydrogens is 382 g/mol. The highest BCUT2D eigenvalue weighted by atomic mass is 35.5. The Morgan fingerprint density at radius 1 is 0.964 bits per heavy atom. The van der Waals surface area contributed by atoms with Gasteiger partial charge in [-0.2, -0.15) is 0 Å². The number of hydrogen-bond acceptors (Lipinski definition) is 5. The average molecular weight is 408 g/mol. The van der Waals surface area contributed by atoms with Crippen LogP contribution in [0.3, 0.4) is 0 Å². The molecule has 1 amide bonds. The van der Waals surface area contributed by atoms with Gasteiger partial charge in [0, 0.05) is 24.2 Å². The molecule has 2 aromatic carbocycles. The van der Waals surface area contributed by atoms with E-state index in [0.29, 0.717) is 41.0 Å². The molecule has 0 aliphatic carbocycles. The van der Waals surface area contributed by atoms with Crippen LogP contribution < -0.4 is 18.9 Å². The zero-order valence-corrected chi connectivity index (χ0v) is 17.4. The van der Waals surface area contributed by atoms with Crippen molar-refractivity contribution < 1.29 is 23.7 Å². The van der Waals surface area contributed by atoms with Crippen molar-refractivity contribution in [3.05, 3.63) is 47.0 Å². The second-order valence-electron chi connectivity index (χ2n) is 6.15.